The highest BCUT2D eigenvalue weighted by atomic mass is 79.9. The predicted molar refractivity (Wildman–Crippen MR) is 76.0 cm³/mol. The highest BCUT2D eigenvalue weighted by Crippen LogP contribution is 2.21. The summed E-state index contributed by atoms with van der Waals surface area (Å²) >= 11 is 6.34. The van der Waals surface area contributed by atoms with E-state index < -0.39 is 5.82 Å². The molecule has 0 N–H and O–H groups in total. The maximum absolute atomic E-state index is 14.0. The van der Waals surface area contributed by atoms with Gasteiger partial charge in [-0.3, -0.25) is 4.79 Å². The first-order valence-corrected chi connectivity index (χ1v) is 6.85. The molecule has 100 valence electrons. The minimum Gasteiger partial charge on any atom is -0.494 e. The zero-order valence-corrected chi connectivity index (χ0v) is 13.0. The lowest BCUT2D eigenvalue weighted by molar-refractivity contribution is 0.383. The van der Waals surface area contributed by atoms with Crippen LogP contribution < -0.4 is 10.3 Å². The zero-order chi connectivity index (χ0) is 14.0. The first-order valence-electron chi connectivity index (χ1n) is 5.27. The highest BCUT2D eigenvalue weighted by molar-refractivity contribution is 9.13. The number of benzene rings is 1. The van der Waals surface area contributed by atoms with E-state index in [9.17, 15) is 9.18 Å². The lowest BCUT2D eigenvalue weighted by atomic mass is 10.2. The maximum Gasteiger partial charge on any atom is 0.282 e. The Labute approximate surface area is 125 Å². The average molecular weight is 392 g/mol. The Hall–Kier alpha value is -1.21. The van der Waals surface area contributed by atoms with Crippen LogP contribution in [0.3, 0.4) is 0 Å². The Kier molecular flexibility index (Phi) is 4.36. The summed E-state index contributed by atoms with van der Waals surface area (Å²) < 4.78 is 21.0. The van der Waals surface area contributed by atoms with Crippen molar-refractivity contribution in [2.45, 2.75) is 6.54 Å². The molecule has 2 aromatic rings. The van der Waals surface area contributed by atoms with Crippen molar-refractivity contribution in [3.63, 3.8) is 0 Å². The van der Waals surface area contributed by atoms with E-state index in [2.05, 4.69) is 37.0 Å². The van der Waals surface area contributed by atoms with Crippen molar-refractivity contribution in [1.82, 2.24) is 9.78 Å². The molecule has 0 saturated heterocycles. The Balaban J connectivity index is 2.43. The monoisotopic (exact) mass is 390 g/mol. The average Bonchev–Trinajstić information content (AvgIpc) is 2.41. The molecule has 0 aliphatic carbocycles. The van der Waals surface area contributed by atoms with Crippen LogP contribution >= 0.6 is 31.9 Å². The third kappa shape index (κ3) is 2.87. The van der Waals surface area contributed by atoms with Crippen LogP contribution in [0.15, 0.2) is 38.1 Å². The van der Waals surface area contributed by atoms with Crippen LogP contribution in [-0.2, 0) is 6.54 Å². The molecule has 0 atom stereocenters. The second-order valence-corrected chi connectivity index (χ2v) is 5.35. The molecule has 2 rings (SSSR count). The van der Waals surface area contributed by atoms with Gasteiger partial charge < -0.3 is 4.74 Å². The van der Waals surface area contributed by atoms with E-state index in [0.717, 1.165) is 0 Å². The van der Waals surface area contributed by atoms with Crippen LogP contribution in [0.1, 0.15) is 5.56 Å². The van der Waals surface area contributed by atoms with Crippen LogP contribution in [0.5, 0.6) is 5.75 Å². The highest BCUT2D eigenvalue weighted by Gasteiger charge is 2.12. The van der Waals surface area contributed by atoms with Gasteiger partial charge >= 0.3 is 0 Å². The fraction of sp³-hybridized carbons (Fsp3) is 0.167. The summed E-state index contributed by atoms with van der Waals surface area (Å²) in [5.74, 6) is -0.348. The molecular weight excluding hydrogens is 383 g/mol. The van der Waals surface area contributed by atoms with Gasteiger partial charge in [-0.1, -0.05) is 12.1 Å². The van der Waals surface area contributed by atoms with Crippen LogP contribution in [0.4, 0.5) is 4.39 Å². The summed E-state index contributed by atoms with van der Waals surface area (Å²) in [5.41, 5.74) is -0.000215. The lowest BCUT2D eigenvalue weighted by Gasteiger charge is -2.09. The number of hydrogen-bond acceptors (Lipinski definition) is 3. The second kappa shape index (κ2) is 5.83. The van der Waals surface area contributed by atoms with Crippen molar-refractivity contribution in [1.29, 1.82) is 0 Å². The smallest absolute Gasteiger partial charge is 0.282 e. The van der Waals surface area contributed by atoms with E-state index in [1.807, 2.05) is 0 Å². The standard InChI is InChI=1S/C12H9Br2FN2O2/c1-19-9-4-2-3-7(11(9)15)6-17-12(18)10(14)8(13)5-16-17/h2-5H,6H2,1H3. The summed E-state index contributed by atoms with van der Waals surface area (Å²) in [6.45, 7) is 0.0355. The summed E-state index contributed by atoms with van der Waals surface area (Å²) in [5, 5.41) is 3.95. The van der Waals surface area contributed by atoms with E-state index in [1.165, 1.54) is 24.1 Å². The van der Waals surface area contributed by atoms with Crippen molar-refractivity contribution in [2.75, 3.05) is 7.11 Å². The van der Waals surface area contributed by atoms with Crippen molar-refractivity contribution in [3.05, 3.63) is 55.1 Å². The van der Waals surface area contributed by atoms with Crippen molar-refractivity contribution >= 4 is 31.9 Å². The number of methoxy groups -OCH3 is 1. The zero-order valence-electron chi connectivity index (χ0n) is 9.86. The van der Waals surface area contributed by atoms with Gasteiger partial charge in [-0.2, -0.15) is 5.10 Å². The van der Waals surface area contributed by atoms with Gasteiger partial charge in [0.05, 0.1) is 24.3 Å². The Bertz CT molecular complexity index is 673. The molecule has 0 spiro atoms. The number of ether oxygens (including phenoxy) is 1. The van der Waals surface area contributed by atoms with Crippen LogP contribution in [0, 0.1) is 5.82 Å². The molecule has 0 unspecified atom stereocenters. The molecule has 1 aromatic carbocycles. The maximum atomic E-state index is 14.0. The first-order chi connectivity index (χ1) is 9.04. The van der Waals surface area contributed by atoms with E-state index in [4.69, 9.17) is 4.74 Å². The molecule has 1 aromatic heterocycles. The van der Waals surface area contributed by atoms with E-state index in [0.29, 0.717) is 14.5 Å². The molecule has 0 saturated carbocycles. The van der Waals surface area contributed by atoms with Gasteiger partial charge in [0.25, 0.3) is 5.56 Å². The molecule has 0 fully saturated rings. The van der Waals surface area contributed by atoms with Crippen LogP contribution in [0.25, 0.3) is 0 Å². The first kappa shape index (κ1) is 14.2. The fourth-order valence-electron chi connectivity index (χ4n) is 1.55. The fourth-order valence-corrected chi connectivity index (χ4v) is 2.12. The number of aromatic nitrogens is 2. The van der Waals surface area contributed by atoms with Crippen molar-refractivity contribution in [3.8, 4) is 5.75 Å². The van der Waals surface area contributed by atoms with E-state index in [-0.39, 0.29) is 17.9 Å². The van der Waals surface area contributed by atoms with Crippen LogP contribution in [-0.4, -0.2) is 16.9 Å². The SMILES string of the molecule is COc1cccc(Cn2ncc(Br)c(Br)c2=O)c1F. The third-order valence-electron chi connectivity index (χ3n) is 2.53. The van der Waals surface area contributed by atoms with Gasteiger partial charge in [0.1, 0.15) is 4.47 Å². The number of halogens is 3. The summed E-state index contributed by atoms with van der Waals surface area (Å²) in [6.07, 6.45) is 1.48. The van der Waals surface area contributed by atoms with Crippen molar-refractivity contribution < 1.29 is 9.13 Å². The largest absolute Gasteiger partial charge is 0.494 e. The summed E-state index contributed by atoms with van der Waals surface area (Å²) in [7, 11) is 1.39. The van der Waals surface area contributed by atoms with Gasteiger partial charge in [0, 0.05) is 5.56 Å². The van der Waals surface area contributed by atoms with Crippen molar-refractivity contribution in [2.24, 2.45) is 0 Å². The quantitative estimate of drug-likeness (QED) is 0.807. The normalized spacial score (nSPS) is 10.5. The molecule has 4 nitrogen and oxygen atoms in total. The van der Waals surface area contributed by atoms with Gasteiger partial charge in [-0.05, 0) is 37.9 Å². The molecule has 0 aliphatic heterocycles. The Morgan fingerprint density at radius 3 is 2.84 bits per heavy atom. The van der Waals surface area contributed by atoms with Gasteiger partial charge in [-0.25, -0.2) is 9.07 Å². The summed E-state index contributed by atoms with van der Waals surface area (Å²) in [6, 6.07) is 4.77. The van der Waals surface area contributed by atoms with Gasteiger partial charge in [0.15, 0.2) is 11.6 Å². The van der Waals surface area contributed by atoms with E-state index >= 15 is 0 Å². The minimum atomic E-state index is -0.488. The lowest BCUT2D eigenvalue weighted by Crippen LogP contribution is -2.24. The van der Waals surface area contributed by atoms with Crippen LogP contribution in [0.2, 0.25) is 0 Å². The molecule has 0 radical (unpaired) electrons. The Morgan fingerprint density at radius 1 is 1.42 bits per heavy atom. The molecule has 0 aliphatic rings. The Morgan fingerprint density at radius 2 is 2.16 bits per heavy atom. The molecule has 1 heterocycles. The minimum absolute atomic E-state index is 0.0355. The molecular formula is C12H9Br2FN2O2. The van der Waals surface area contributed by atoms with Gasteiger partial charge in [-0.15, -0.1) is 0 Å². The topological polar surface area (TPSA) is 44.1 Å². The third-order valence-corrected chi connectivity index (χ3v) is 4.43. The van der Waals surface area contributed by atoms with E-state index in [1.54, 1.807) is 12.1 Å². The molecule has 0 bridgehead atoms. The predicted octanol–water partition coefficient (Wildman–Crippen LogP) is 2.96. The second-order valence-electron chi connectivity index (χ2n) is 3.70. The molecule has 0 amide bonds. The number of nitrogens with zero attached hydrogens (tertiary/aromatic N) is 2. The van der Waals surface area contributed by atoms with Gasteiger partial charge in [0.2, 0.25) is 0 Å². The molecule has 19 heavy (non-hydrogen) atoms. The molecule has 7 heteroatoms. The number of rotatable bonds is 3. The summed E-state index contributed by atoms with van der Waals surface area (Å²) in [4.78, 5) is 11.9. The number of hydrogen-bond donors (Lipinski definition) is 0.